The molecule has 1 atom stereocenters. The van der Waals surface area contributed by atoms with Crippen LogP contribution in [0, 0.1) is 11.3 Å². The van der Waals surface area contributed by atoms with Crippen LogP contribution in [-0.4, -0.2) is 30.3 Å². The van der Waals surface area contributed by atoms with Crippen LogP contribution in [0.5, 0.6) is 0 Å². The Hall–Kier alpha value is 0.310. The van der Waals surface area contributed by atoms with Crippen LogP contribution in [0.4, 0.5) is 0 Å². The van der Waals surface area contributed by atoms with Gasteiger partial charge in [0.05, 0.1) is 0 Å². The average Bonchev–Trinajstić information content (AvgIpc) is 2.70. The third-order valence-corrected chi connectivity index (χ3v) is 5.09. The van der Waals surface area contributed by atoms with Crippen LogP contribution < -0.4 is 0 Å². The highest BCUT2D eigenvalue weighted by Crippen LogP contribution is 2.46. The van der Waals surface area contributed by atoms with E-state index in [0.29, 0.717) is 0 Å². The van der Waals surface area contributed by atoms with Crippen molar-refractivity contribution in [1.29, 1.82) is 0 Å². The molecule has 2 fully saturated rings. The van der Waals surface area contributed by atoms with Gasteiger partial charge in [0.15, 0.2) is 0 Å². The summed E-state index contributed by atoms with van der Waals surface area (Å²) in [5.74, 6) is 1.78. The summed E-state index contributed by atoms with van der Waals surface area (Å²) in [6.07, 6.45) is 8.95. The van der Waals surface area contributed by atoms with E-state index in [1.807, 2.05) is 0 Å². The Morgan fingerprint density at radius 2 is 1.73 bits per heavy atom. The first-order valence-corrected chi connectivity index (χ1v) is 7.21. The molecule has 0 aromatic rings. The minimum absolute atomic E-state index is 0.756. The molecule has 1 saturated heterocycles. The van der Waals surface area contributed by atoms with Crippen molar-refractivity contribution in [3.8, 4) is 0 Å². The number of nitrogens with zero attached hydrogens (tertiary/aromatic N) is 1. The summed E-state index contributed by atoms with van der Waals surface area (Å²) >= 11 is 4.37. The lowest BCUT2D eigenvalue weighted by molar-refractivity contribution is 0.100. The Morgan fingerprint density at radius 1 is 1.13 bits per heavy atom. The third-order valence-electron chi connectivity index (χ3n) is 4.46. The Bertz CT molecular complexity index is 189. The van der Waals surface area contributed by atoms with Gasteiger partial charge >= 0.3 is 0 Å². The number of rotatable bonds is 3. The fourth-order valence-electron chi connectivity index (χ4n) is 3.33. The topological polar surface area (TPSA) is 3.24 Å². The van der Waals surface area contributed by atoms with Gasteiger partial charge in [-0.05, 0) is 55.9 Å². The molecule has 1 spiro atoms. The Labute approximate surface area is 100 Å². The first kappa shape index (κ1) is 11.8. The molecule has 0 radical (unpaired) electrons. The number of piperidine rings is 1. The summed E-state index contributed by atoms with van der Waals surface area (Å²) in [6.45, 7) is 6.27. The van der Waals surface area contributed by atoms with Gasteiger partial charge < -0.3 is 4.90 Å². The van der Waals surface area contributed by atoms with Crippen LogP contribution in [0.2, 0.25) is 0 Å². The highest BCUT2D eigenvalue weighted by atomic mass is 32.1. The SMILES string of the molecule is CC(CS)CN1CCC2(CCCC2)CC1. The molecule has 1 unspecified atom stereocenters. The second-order valence-electron chi connectivity index (χ2n) is 5.80. The summed E-state index contributed by atoms with van der Waals surface area (Å²) < 4.78 is 0. The minimum atomic E-state index is 0.756. The fraction of sp³-hybridized carbons (Fsp3) is 1.00. The maximum atomic E-state index is 4.37. The number of hydrogen-bond acceptors (Lipinski definition) is 2. The van der Waals surface area contributed by atoms with Gasteiger partial charge in [-0.25, -0.2) is 0 Å². The molecule has 88 valence electrons. The van der Waals surface area contributed by atoms with Gasteiger partial charge in [-0.15, -0.1) is 0 Å². The van der Waals surface area contributed by atoms with Gasteiger partial charge in [0.25, 0.3) is 0 Å². The Kier molecular flexibility index (Phi) is 4.00. The van der Waals surface area contributed by atoms with Crippen molar-refractivity contribution >= 4 is 12.6 Å². The second-order valence-corrected chi connectivity index (χ2v) is 6.16. The second kappa shape index (κ2) is 5.09. The smallest absolute Gasteiger partial charge is 0.00148 e. The van der Waals surface area contributed by atoms with E-state index in [0.717, 1.165) is 17.1 Å². The van der Waals surface area contributed by atoms with Crippen molar-refractivity contribution in [1.82, 2.24) is 4.90 Å². The molecule has 2 heteroatoms. The van der Waals surface area contributed by atoms with Crippen LogP contribution in [0.25, 0.3) is 0 Å². The number of likely N-dealkylation sites (tertiary alicyclic amines) is 1. The zero-order valence-electron chi connectivity index (χ0n) is 10.0. The molecule has 0 N–H and O–H groups in total. The maximum absolute atomic E-state index is 4.37. The van der Waals surface area contributed by atoms with Crippen LogP contribution in [0.15, 0.2) is 0 Å². The van der Waals surface area contributed by atoms with E-state index in [2.05, 4.69) is 24.5 Å². The molecule has 1 nitrogen and oxygen atoms in total. The molecule has 2 aliphatic rings. The summed E-state index contributed by atoms with van der Waals surface area (Å²) in [5.41, 5.74) is 0.778. The van der Waals surface area contributed by atoms with Crippen molar-refractivity contribution < 1.29 is 0 Å². The van der Waals surface area contributed by atoms with Gasteiger partial charge in [0, 0.05) is 6.54 Å². The van der Waals surface area contributed by atoms with Crippen LogP contribution in [0.1, 0.15) is 45.4 Å². The lowest BCUT2D eigenvalue weighted by Gasteiger charge is -2.40. The predicted octanol–water partition coefficient (Wildman–Crippen LogP) is 3.21. The third kappa shape index (κ3) is 2.91. The quantitative estimate of drug-likeness (QED) is 0.725. The summed E-state index contributed by atoms with van der Waals surface area (Å²) in [6, 6.07) is 0. The highest BCUT2D eigenvalue weighted by molar-refractivity contribution is 7.80. The largest absolute Gasteiger partial charge is 0.303 e. The van der Waals surface area contributed by atoms with E-state index >= 15 is 0 Å². The number of thiol groups is 1. The lowest BCUT2D eigenvalue weighted by Crippen LogP contribution is -2.41. The monoisotopic (exact) mass is 227 g/mol. The van der Waals surface area contributed by atoms with Crippen molar-refractivity contribution in [2.45, 2.75) is 45.4 Å². The van der Waals surface area contributed by atoms with E-state index < -0.39 is 0 Å². The molecule has 1 aliphatic heterocycles. The zero-order valence-corrected chi connectivity index (χ0v) is 10.9. The van der Waals surface area contributed by atoms with E-state index in [-0.39, 0.29) is 0 Å². The van der Waals surface area contributed by atoms with Crippen LogP contribution in [-0.2, 0) is 0 Å². The first-order valence-electron chi connectivity index (χ1n) is 6.57. The summed E-state index contributed by atoms with van der Waals surface area (Å²) in [5, 5.41) is 0. The Balaban J connectivity index is 1.76. The lowest BCUT2D eigenvalue weighted by atomic mass is 9.77. The molecular formula is C13H25NS. The van der Waals surface area contributed by atoms with Crippen molar-refractivity contribution in [2.75, 3.05) is 25.4 Å². The number of hydrogen-bond donors (Lipinski definition) is 1. The molecular weight excluding hydrogens is 202 g/mol. The predicted molar refractivity (Wildman–Crippen MR) is 69.6 cm³/mol. The molecule has 0 amide bonds. The van der Waals surface area contributed by atoms with Gasteiger partial charge in [0.1, 0.15) is 0 Å². The Morgan fingerprint density at radius 3 is 2.27 bits per heavy atom. The maximum Gasteiger partial charge on any atom is 0.00148 e. The minimum Gasteiger partial charge on any atom is -0.303 e. The van der Waals surface area contributed by atoms with Gasteiger partial charge in [-0.2, -0.15) is 12.6 Å². The van der Waals surface area contributed by atoms with E-state index in [1.54, 1.807) is 0 Å². The van der Waals surface area contributed by atoms with Crippen LogP contribution in [0.3, 0.4) is 0 Å². The highest BCUT2D eigenvalue weighted by Gasteiger charge is 2.36. The van der Waals surface area contributed by atoms with Gasteiger partial charge in [-0.1, -0.05) is 19.8 Å². The average molecular weight is 227 g/mol. The summed E-state index contributed by atoms with van der Waals surface area (Å²) in [4.78, 5) is 2.66. The molecule has 1 heterocycles. The standard InChI is InChI=1S/C13H25NS/c1-12(11-15)10-14-8-6-13(7-9-14)4-2-3-5-13/h12,15H,2-11H2,1H3. The molecule has 15 heavy (non-hydrogen) atoms. The normalized spacial score (nSPS) is 28.4. The van der Waals surface area contributed by atoms with E-state index in [1.165, 1.54) is 58.2 Å². The molecule has 1 aliphatic carbocycles. The molecule has 0 bridgehead atoms. The van der Waals surface area contributed by atoms with Crippen LogP contribution >= 0.6 is 12.6 Å². The van der Waals surface area contributed by atoms with Gasteiger partial charge in [0.2, 0.25) is 0 Å². The molecule has 1 saturated carbocycles. The van der Waals surface area contributed by atoms with Crippen molar-refractivity contribution in [3.05, 3.63) is 0 Å². The van der Waals surface area contributed by atoms with E-state index in [9.17, 15) is 0 Å². The molecule has 0 aromatic carbocycles. The molecule has 0 aromatic heterocycles. The fourth-order valence-corrected chi connectivity index (χ4v) is 3.45. The summed E-state index contributed by atoms with van der Waals surface area (Å²) in [7, 11) is 0. The van der Waals surface area contributed by atoms with Crippen molar-refractivity contribution in [2.24, 2.45) is 11.3 Å². The molecule has 2 rings (SSSR count). The van der Waals surface area contributed by atoms with Gasteiger partial charge in [-0.3, -0.25) is 0 Å². The van der Waals surface area contributed by atoms with Crippen molar-refractivity contribution in [3.63, 3.8) is 0 Å². The van der Waals surface area contributed by atoms with E-state index in [4.69, 9.17) is 0 Å². The first-order chi connectivity index (χ1) is 7.24. The zero-order chi connectivity index (χ0) is 10.7.